The van der Waals surface area contributed by atoms with Crippen LogP contribution < -0.4 is 5.32 Å². The Bertz CT molecular complexity index is 382. The molecule has 1 aromatic rings. The Kier molecular flexibility index (Phi) is 5.34. The van der Waals surface area contributed by atoms with Gasteiger partial charge in [-0.05, 0) is 54.6 Å². The highest BCUT2D eigenvalue weighted by molar-refractivity contribution is 14.1. The van der Waals surface area contributed by atoms with Gasteiger partial charge >= 0.3 is 5.97 Å². The second-order valence-corrected chi connectivity index (χ2v) is 5.17. The maximum Gasteiger partial charge on any atom is 0.325 e. The summed E-state index contributed by atoms with van der Waals surface area (Å²) in [6.07, 6.45) is -0.0958. The third kappa shape index (κ3) is 4.57. The quantitative estimate of drug-likeness (QED) is 0.667. The van der Waals surface area contributed by atoms with Crippen molar-refractivity contribution in [2.24, 2.45) is 0 Å². The fourth-order valence-corrected chi connectivity index (χ4v) is 2.03. The van der Waals surface area contributed by atoms with Gasteiger partial charge in [-0.2, -0.15) is 0 Å². The Morgan fingerprint density at radius 3 is 2.81 bits per heavy atom. The molecule has 0 bridgehead atoms. The monoisotopic (exact) mass is 353 g/mol. The van der Waals surface area contributed by atoms with Crippen molar-refractivity contribution in [2.75, 3.05) is 11.9 Å². The van der Waals surface area contributed by atoms with Gasteiger partial charge in [0.05, 0.1) is 16.8 Å². The second kappa shape index (κ2) is 6.30. The SMILES string of the molecule is CC(C)OC(=O)CNc1ccc(I)cc1Cl. The zero-order valence-electron chi connectivity index (χ0n) is 9.09. The van der Waals surface area contributed by atoms with Crippen LogP contribution in [0, 0.1) is 3.57 Å². The highest BCUT2D eigenvalue weighted by atomic mass is 127. The van der Waals surface area contributed by atoms with Crippen LogP contribution in [-0.2, 0) is 9.53 Å². The lowest BCUT2D eigenvalue weighted by molar-refractivity contribution is -0.145. The molecule has 0 radical (unpaired) electrons. The van der Waals surface area contributed by atoms with Crippen LogP contribution in [0.1, 0.15) is 13.8 Å². The molecule has 0 aliphatic rings. The predicted octanol–water partition coefficient (Wildman–Crippen LogP) is 3.31. The van der Waals surface area contributed by atoms with Gasteiger partial charge in [-0.3, -0.25) is 4.79 Å². The van der Waals surface area contributed by atoms with E-state index in [4.69, 9.17) is 16.3 Å². The summed E-state index contributed by atoms with van der Waals surface area (Å²) in [6, 6.07) is 5.59. The van der Waals surface area contributed by atoms with Crippen LogP contribution >= 0.6 is 34.2 Å². The normalized spacial score (nSPS) is 10.3. The Morgan fingerprint density at radius 2 is 2.25 bits per heavy atom. The van der Waals surface area contributed by atoms with Crippen molar-refractivity contribution in [3.8, 4) is 0 Å². The zero-order valence-corrected chi connectivity index (χ0v) is 12.0. The van der Waals surface area contributed by atoms with E-state index in [1.54, 1.807) is 0 Å². The highest BCUT2D eigenvalue weighted by Crippen LogP contribution is 2.23. The maximum atomic E-state index is 11.3. The van der Waals surface area contributed by atoms with E-state index < -0.39 is 0 Å². The number of hydrogen-bond acceptors (Lipinski definition) is 3. The summed E-state index contributed by atoms with van der Waals surface area (Å²) in [4.78, 5) is 11.3. The lowest BCUT2D eigenvalue weighted by Gasteiger charge is -2.10. The molecular weight excluding hydrogens is 340 g/mol. The minimum atomic E-state index is -0.287. The standard InChI is InChI=1S/C11H13ClINO2/c1-7(2)16-11(15)6-14-10-4-3-8(13)5-9(10)12/h3-5,7,14H,6H2,1-2H3. The number of anilines is 1. The second-order valence-electron chi connectivity index (χ2n) is 3.52. The van der Waals surface area contributed by atoms with Crippen LogP contribution in [0.25, 0.3) is 0 Å². The van der Waals surface area contributed by atoms with E-state index in [-0.39, 0.29) is 18.6 Å². The number of nitrogens with one attached hydrogen (secondary N) is 1. The van der Waals surface area contributed by atoms with Crippen LogP contribution in [0.15, 0.2) is 18.2 Å². The average molecular weight is 354 g/mol. The van der Waals surface area contributed by atoms with Gasteiger partial charge in [0.15, 0.2) is 0 Å². The number of carbonyl (C=O) groups excluding carboxylic acids is 1. The first-order valence-corrected chi connectivity index (χ1v) is 6.33. The van der Waals surface area contributed by atoms with E-state index in [0.29, 0.717) is 5.02 Å². The number of esters is 1. The van der Waals surface area contributed by atoms with Crippen LogP contribution in [0.4, 0.5) is 5.69 Å². The predicted molar refractivity (Wildman–Crippen MR) is 73.9 cm³/mol. The molecular formula is C11H13ClINO2. The third-order valence-electron chi connectivity index (χ3n) is 1.72. The zero-order chi connectivity index (χ0) is 12.1. The lowest BCUT2D eigenvalue weighted by Crippen LogP contribution is -2.20. The number of hydrogen-bond donors (Lipinski definition) is 1. The van der Waals surface area contributed by atoms with Gasteiger partial charge in [0.2, 0.25) is 0 Å². The molecule has 0 saturated heterocycles. The van der Waals surface area contributed by atoms with E-state index in [0.717, 1.165) is 9.26 Å². The Hall–Kier alpha value is -0.490. The van der Waals surface area contributed by atoms with Crippen molar-refractivity contribution in [3.05, 3.63) is 26.8 Å². The molecule has 0 unspecified atom stereocenters. The summed E-state index contributed by atoms with van der Waals surface area (Å²) in [5, 5.41) is 3.54. The first-order valence-electron chi connectivity index (χ1n) is 4.87. The molecule has 3 nitrogen and oxygen atoms in total. The number of rotatable bonds is 4. The van der Waals surface area contributed by atoms with Crippen molar-refractivity contribution in [3.63, 3.8) is 0 Å². The first-order chi connectivity index (χ1) is 7.49. The summed E-state index contributed by atoms with van der Waals surface area (Å²) in [5.41, 5.74) is 0.739. The summed E-state index contributed by atoms with van der Waals surface area (Å²) in [7, 11) is 0. The Labute approximate surface area is 114 Å². The number of halogens is 2. The van der Waals surface area contributed by atoms with E-state index in [2.05, 4.69) is 27.9 Å². The van der Waals surface area contributed by atoms with Crippen LogP contribution in [0.3, 0.4) is 0 Å². The van der Waals surface area contributed by atoms with Gasteiger partial charge in [-0.25, -0.2) is 0 Å². The van der Waals surface area contributed by atoms with E-state index in [1.165, 1.54) is 0 Å². The van der Waals surface area contributed by atoms with Gasteiger partial charge in [-0.1, -0.05) is 11.6 Å². The number of benzene rings is 1. The fraction of sp³-hybridized carbons (Fsp3) is 0.364. The largest absolute Gasteiger partial charge is 0.462 e. The minimum absolute atomic E-state index is 0.0958. The van der Waals surface area contributed by atoms with Crippen LogP contribution in [0.2, 0.25) is 5.02 Å². The molecule has 88 valence electrons. The molecule has 0 spiro atoms. The third-order valence-corrected chi connectivity index (χ3v) is 2.71. The van der Waals surface area contributed by atoms with Crippen LogP contribution in [-0.4, -0.2) is 18.6 Å². The van der Waals surface area contributed by atoms with Gasteiger partial charge in [-0.15, -0.1) is 0 Å². The van der Waals surface area contributed by atoms with E-state index >= 15 is 0 Å². The molecule has 0 fully saturated rings. The van der Waals surface area contributed by atoms with Gasteiger partial charge in [0, 0.05) is 3.57 Å². The molecule has 0 aromatic heterocycles. The first kappa shape index (κ1) is 13.6. The lowest BCUT2D eigenvalue weighted by atomic mass is 10.3. The molecule has 0 amide bonds. The fourth-order valence-electron chi connectivity index (χ4n) is 1.10. The summed E-state index contributed by atoms with van der Waals surface area (Å²) in [5.74, 6) is -0.287. The van der Waals surface area contributed by atoms with Crippen molar-refractivity contribution >= 4 is 45.8 Å². The molecule has 0 aliphatic carbocycles. The molecule has 0 saturated carbocycles. The van der Waals surface area contributed by atoms with E-state index in [1.807, 2.05) is 32.0 Å². The van der Waals surface area contributed by atoms with Crippen LogP contribution in [0.5, 0.6) is 0 Å². The number of carbonyl (C=O) groups is 1. The summed E-state index contributed by atoms with van der Waals surface area (Å²) < 4.78 is 6.04. The maximum absolute atomic E-state index is 11.3. The minimum Gasteiger partial charge on any atom is -0.462 e. The van der Waals surface area contributed by atoms with Gasteiger partial charge < -0.3 is 10.1 Å². The van der Waals surface area contributed by atoms with Gasteiger partial charge in [0.25, 0.3) is 0 Å². The van der Waals surface area contributed by atoms with Crippen molar-refractivity contribution in [1.82, 2.24) is 0 Å². The molecule has 5 heteroatoms. The molecule has 0 aliphatic heterocycles. The van der Waals surface area contributed by atoms with Crippen molar-refractivity contribution < 1.29 is 9.53 Å². The van der Waals surface area contributed by atoms with Crippen molar-refractivity contribution in [1.29, 1.82) is 0 Å². The molecule has 0 heterocycles. The highest BCUT2D eigenvalue weighted by Gasteiger charge is 2.06. The Morgan fingerprint density at radius 1 is 1.56 bits per heavy atom. The molecule has 0 atom stereocenters. The summed E-state index contributed by atoms with van der Waals surface area (Å²) in [6.45, 7) is 3.75. The molecule has 1 aromatic carbocycles. The van der Waals surface area contributed by atoms with Crippen molar-refractivity contribution in [2.45, 2.75) is 20.0 Å². The summed E-state index contributed by atoms with van der Waals surface area (Å²) >= 11 is 8.18. The Balaban J connectivity index is 2.51. The topological polar surface area (TPSA) is 38.3 Å². The molecule has 1 rings (SSSR count). The van der Waals surface area contributed by atoms with Gasteiger partial charge in [0.1, 0.15) is 6.54 Å². The van der Waals surface area contributed by atoms with E-state index in [9.17, 15) is 4.79 Å². The average Bonchev–Trinajstić information content (AvgIpc) is 2.15. The number of ether oxygens (including phenoxy) is 1. The smallest absolute Gasteiger partial charge is 0.325 e. The molecule has 16 heavy (non-hydrogen) atoms. The molecule has 1 N–H and O–H groups in total.